The maximum absolute atomic E-state index is 5.51. The predicted octanol–water partition coefficient (Wildman–Crippen LogP) is 2.65. The molecule has 1 aliphatic heterocycles. The van der Waals surface area contributed by atoms with Crippen molar-refractivity contribution in [2.75, 3.05) is 0 Å². The van der Waals surface area contributed by atoms with Crippen LogP contribution in [-0.4, -0.2) is 6.10 Å². The van der Waals surface area contributed by atoms with Crippen LogP contribution in [0.5, 0.6) is 0 Å². The summed E-state index contributed by atoms with van der Waals surface area (Å²) >= 11 is 0. The van der Waals surface area contributed by atoms with E-state index >= 15 is 0 Å². The highest BCUT2D eigenvalue weighted by atomic mass is 16.5. The van der Waals surface area contributed by atoms with E-state index in [2.05, 4.69) is 13.8 Å². The minimum Gasteiger partial charge on any atom is -0.490 e. The molecular weight excluding hydrogens is 124 g/mol. The quantitative estimate of drug-likeness (QED) is 0.541. The monoisotopic (exact) mass is 138 g/mol. The second-order valence-electron chi connectivity index (χ2n) is 2.78. The Balaban J connectivity index is 2.66. The highest BCUT2D eigenvalue weighted by molar-refractivity contribution is 5.22. The van der Waals surface area contributed by atoms with Crippen molar-refractivity contribution in [3.8, 4) is 0 Å². The van der Waals surface area contributed by atoms with Crippen molar-refractivity contribution in [2.45, 2.75) is 33.3 Å². The van der Waals surface area contributed by atoms with Crippen LogP contribution in [0.3, 0.4) is 0 Å². The molecule has 0 saturated heterocycles. The maximum Gasteiger partial charge on any atom is 0.118 e. The fourth-order valence-corrected chi connectivity index (χ4v) is 1.22. The van der Waals surface area contributed by atoms with Gasteiger partial charge in [0.15, 0.2) is 0 Å². The largest absolute Gasteiger partial charge is 0.490 e. The minimum atomic E-state index is 0.381. The Morgan fingerprint density at radius 2 is 2.30 bits per heavy atom. The normalized spacial score (nSPS) is 26.1. The third-order valence-corrected chi connectivity index (χ3v) is 1.66. The number of hydrogen-bond donors (Lipinski definition) is 0. The molecule has 10 heavy (non-hydrogen) atoms. The standard InChI is InChI=1S/C9H14O/c1-4-5-9-7(2)6-8(3)10-9/h4-5,8H,6H2,1-3H3/b5-4-/t8-/m0/s1. The van der Waals surface area contributed by atoms with Gasteiger partial charge in [0.1, 0.15) is 5.76 Å². The third-order valence-electron chi connectivity index (χ3n) is 1.66. The second-order valence-corrected chi connectivity index (χ2v) is 2.78. The zero-order chi connectivity index (χ0) is 7.56. The number of ether oxygens (including phenoxy) is 1. The molecule has 0 aromatic rings. The van der Waals surface area contributed by atoms with Gasteiger partial charge in [-0.15, -0.1) is 0 Å². The van der Waals surface area contributed by atoms with Crippen LogP contribution in [0.2, 0.25) is 0 Å². The molecule has 0 spiro atoms. The van der Waals surface area contributed by atoms with E-state index in [1.807, 2.05) is 19.1 Å². The summed E-state index contributed by atoms with van der Waals surface area (Å²) in [7, 11) is 0. The van der Waals surface area contributed by atoms with E-state index < -0.39 is 0 Å². The molecule has 0 aromatic carbocycles. The van der Waals surface area contributed by atoms with Crippen LogP contribution in [0, 0.1) is 0 Å². The summed E-state index contributed by atoms with van der Waals surface area (Å²) in [6.45, 7) is 6.23. The number of allylic oxidation sites excluding steroid dienone is 2. The molecule has 0 N–H and O–H groups in total. The first-order valence-electron chi connectivity index (χ1n) is 3.73. The summed E-state index contributed by atoms with van der Waals surface area (Å²) in [6.07, 6.45) is 5.50. The lowest BCUT2D eigenvalue weighted by Gasteiger charge is -2.02. The highest BCUT2D eigenvalue weighted by Gasteiger charge is 2.15. The van der Waals surface area contributed by atoms with Gasteiger partial charge in [0.2, 0.25) is 0 Å². The van der Waals surface area contributed by atoms with Gasteiger partial charge < -0.3 is 4.74 Å². The summed E-state index contributed by atoms with van der Waals surface area (Å²) in [6, 6.07) is 0. The third kappa shape index (κ3) is 1.41. The van der Waals surface area contributed by atoms with Crippen LogP contribution in [0.4, 0.5) is 0 Å². The lowest BCUT2D eigenvalue weighted by molar-refractivity contribution is 0.169. The first kappa shape index (κ1) is 7.39. The van der Waals surface area contributed by atoms with Crippen molar-refractivity contribution in [1.82, 2.24) is 0 Å². The van der Waals surface area contributed by atoms with Crippen LogP contribution in [0.25, 0.3) is 0 Å². The van der Waals surface area contributed by atoms with Crippen molar-refractivity contribution in [2.24, 2.45) is 0 Å². The van der Waals surface area contributed by atoms with E-state index in [0.29, 0.717) is 6.10 Å². The Hall–Kier alpha value is -0.720. The van der Waals surface area contributed by atoms with Gasteiger partial charge >= 0.3 is 0 Å². The molecule has 56 valence electrons. The first-order valence-corrected chi connectivity index (χ1v) is 3.73. The van der Waals surface area contributed by atoms with Crippen LogP contribution in [0.15, 0.2) is 23.5 Å². The molecule has 1 heterocycles. The molecule has 0 unspecified atom stereocenters. The molecule has 1 rings (SSSR count). The zero-order valence-electron chi connectivity index (χ0n) is 6.85. The lowest BCUT2D eigenvalue weighted by Crippen LogP contribution is -1.96. The number of hydrogen-bond acceptors (Lipinski definition) is 1. The average Bonchev–Trinajstić information content (AvgIpc) is 2.13. The van der Waals surface area contributed by atoms with Crippen LogP contribution in [0.1, 0.15) is 27.2 Å². The van der Waals surface area contributed by atoms with Crippen molar-refractivity contribution in [1.29, 1.82) is 0 Å². The summed E-state index contributed by atoms with van der Waals surface area (Å²) in [5.74, 6) is 1.06. The van der Waals surface area contributed by atoms with Gasteiger partial charge in [-0.05, 0) is 32.4 Å². The summed E-state index contributed by atoms with van der Waals surface area (Å²) in [4.78, 5) is 0. The first-order chi connectivity index (χ1) is 4.74. The van der Waals surface area contributed by atoms with Gasteiger partial charge in [0, 0.05) is 6.42 Å². The summed E-state index contributed by atoms with van der Waals surface area (Å²) in [5.41, 5.74) is 1.37. The maximum atomic E-state index is 5.51. The molecule has 1 nitrogen and oxygen atoms in total. The van der Waals surface area contributed by atoms with Gasteiger partial charge in [-0.25, -0.2) is 0 Å². The molecule has 1 atom stereocenters. The van der Waals surface area contributed by atoms with E-state index in [1.165, 1.54) is 5.57 Å². The van der Waals surface area contributed by atoms with Crippen LogP contribution >= 0.6 is 0 Å². The van der Waals surface area contributed by atoms with Crippen molar-refractivity contribution < 1.29 is 4.74 Å². The molecular formula is C9H14O. The molecule has 1 aliphatic rings. The van der Waals surface area contributed by atoms with Gasteiger partial charge in [-0.3, -0.25) is 0 Å². The zero-order valence-corrected chi connectivity index (χ0v) is 6.85. The fraction of sp³-hybridized carbons (Fsp3) is 0.556. The van der Waals surface area contributed by atoms with E-state index in [4.69, 9.17) is 4.74 Å². The molecule has 0 fully saturated rings. The van der Waals surface area contributed by atoms with Gasteiger partial charge in [0.05, 0.1) is 6.10 Å². The lowest BCUT2D eigenvalue weighted by atomic mass is 10.1. The Kier molecular flexibility index (Phi) is 2.15. The number of rotatable bonds is 1. The van der Waals surface area contributed by atoms with Crippen LogP contribution in [-0.2, 0) is 4.74 Å². The van der Waals surface area contributed by atoms with Gasteiger partial charge in [-0.2, -0.15) is 0 Å². The molecule has 0 aromatic heterocycles. The second kappa shape index (κ2) is 2.91. The molecule has 0 amide bonds. The fourth-order valence-electron chi connectivity index (χ4n) is 1.22. The molecule has 0 saturated carbocycles. The molecule has 0 bridgehead atoms. The van der Waals surface area contributed by atoms with Crippen molar-refractivity contribution in [3.05, 3.63) is 23.5 Å². The topological polar surface area (TPSA) is 9.23 Å². The van der Waals surface area contributed by atoms with E-state index in [9.17, 15) is 0 Å². The Bertz CT molecular complexity index is 177. The Morgan fingerprint density at radius 1 is 1.60 bits per heavy atom. The van der Waals surface area contributed by atoms with E-state index in [0.717, 1.165) is 12.2 Å². The van der Waals surface area contributed by atoms with E-state index in [-0.39, 0.29) is 0 Å². The Morgan fingerprint density at radius 3 is 2.70 bits per heavy atom. The SMILES string of the molecule is C/C=C\C1=C(C)C[C@H](C)O1. The molecule has 0 aliphatic carbocycles. The average molecular weight is 138 g/mol. The Labute approximate surface area is 62.4 Å². The van der Waals surface area contributed by atoms with Crippen LogP contribution < -0.4 is 0 Å². The summed E-state index contributed by atoms with van der Waals surface area (Å²) in [5, 5.41) is 0. The predicted molar refractivity (Wildman–Crippen MR) is 42.7 cm³/mol. The molecule has 0 radical (unpaired) electrons. The minimum absolute atomic E-state index is 0.381. The highest BCUT2D eigenvalue weighted by Crippen LogP contribution is 2.24. The summed E-state index contributed by atoms with van der Waals surface area (Å²) < 4.78 is 5.51. The van der Waals surface area contributed by atoms with Crippen molar-refractivity contribution >= 4 is 0 Å². The van der Waals surface area contributed by atoms with Gasteiger partial charge in [0.25, 0.3) is 0 Å². The van der Waals surface area contributed by atoms with Gasteiger partial charge in [-0.1, -0.05) is 6.08 Å². The smallest absolute Gasteiger partial charge is 0.118 e. The van der Waals surface area contributed by atoms with E-state index in [1.54, 1.807) is 0 Å². The van der Waals surface area contributed by atoms with Crippen molar-refractivity contribution in [3.63, 3.8) is 0 Å². The molecule has 1 heteroatoms.